The van der Waals surface area contributed by atoms with E-state index in [-0.39, 0.29) is 5.82 Å². The number of carbonyl (C=O) groups excluding carboxylic acids is 3. The first-order valence-electron chi connectivity index (χ1n) is 9.46. The molecule has 11 nitrogen and oxygen atoms in total. The summed E-state index contributed by atoms with van der Waals surface area (Å²) < 4.78 is 36.7. The number of nitrogens with one attached hydrogen (secondary N) is 1. The zero-order valence-electron chi connectivity index (χ0n) is 18.2. The Morgan fingerprint density at radius 1 is 1.41 bits per heavy atom. The minimum absolute atomic E-state index is 0.161. The predicted molar refractivity (Wildman–Crippen MR) is 107 cm³/mol. The van der Waals surface area contributed by atoms with Gasteiger partial charge in [-0.05, 0) is 26.8 Å². The van der Waals surface area contributed by atoms with Crippen LogP contribution in [0.25, 0.3) is 0 Å². The molecule has 0 unspecified atom stereocenters. The van der Waals surface area contributed by atoms with Crippen LogP contribution in [0.1, 0.15) is 40.3 Å². The van der Waals surface area contributed by atoms with E-state index in [1.165, 1.54) is 6.07 Å². The van der Waals surface area contributed by atoms with Crippen molar-refractivity contribution in [3.63, 3.8) is 0 Å². The standard InChI is InChI=1S/C20H24FN3O8/c1-7-20(21)15(30-11(2)25)12(10-14(26)29-6)31-16(20)24-9-8-13(22-17(24)27)23-18(28)32-19(3,4)5/h1,8-9,12,15-16H,10H2,2-6H3,(H,22,23,27,28)/t12-,15-,16-,20+/m1/s1. The SMILES string of the molecule is C#C[C@]1(F)[C@H](OC(C)=O)[C@@H](CC(=O)OC)O[C@H]1n1ccc(NC(=O)OC(C)(C)C)nc1=O. The lowest BCUT2D eigenvalue weighted by Crippen LogP contribution is -2.46. The summed E-state index contributed by atoms with van der Waals surface area (Å²) in [5.41, 5.74) is -4.62. The molecule has 0 saturated carbocycles. The lowest BCUT2D eigenvalue weighted by atomic mass is 9.95. The number of hydrogen-bond acceptors (Lipinski definition) is 9. The molecule has 4 atom stereocenters. The van der Waals surface area contributed by atoms with Crippen molar-refractivity contribution in [2.45, 2.75) is 63.8 Å². The van der Waals surface area contributed by atoms with Crippen LogP contribution in [0.2, 0.25) is 0 Å². The first-order chi connectivity index (χ1) is 14.8. The highest BCUT2D eigenvalue weighted by molar-refractivity contribution is 5.83. The molecule has 0 aromatic carbocycles. The van der Waals surface area contributed by atoms with Crippen LogP contribution in [0.3, 0.4) is 0 Å². The van der Waals surface area contributed by atoms with Gasteiger partial charge in [0.25, 0.3) is 5.67 Å². The molecule has 1 aliphatic rings. The Labute approximate surface area is 183 Å². The van der Waals surface area contributed by atoms with Crippen molar-refractivity contribution in [3.05, 3.63) is 22.7 Å². The summed E-state index contributed by atoms with van der Waals surface area (Å²) in [5.74, 6) is 0.0705. The number of alkyl halides is 1. The maximum atomic E-state index is 15.8. The molecule has 0 bridgehead atoms. The summed E-state index contributed by atoms with van der Waals surface area (Å²) in [6, 6.07) is 1.19. The van der Waals surface area contributed by atoms with Gasteiger partial charge < -0.3 is 18.9 Å². The van der Waals surface area contributed by atoms with Crippen molar-refractivity contribution in [1.29, 1.82) is 0 Å². The van der Waals surface area contributed by atoms with Gasteiger partial charge in [-0.1, -0.05) is 5.92 Å². The molecule has 174 valence electrons. The maximum absolute atomic E-state index is 15.8. The van der Waals surface area contributed by atoms with Gasteiger partial charge in [-0.3, -0.25) is 19.5 Å². The van der Waals surface area contributed by atoms with Crippen molar-refractivity contribution < 1.29 is 37.7 Å². The Morgan fingerprint density at radius 3 is 2.56 bits per heavy atom. The molecule has 2 heterocycles. The Morgan fingerprint density at radius 2 is 2.06 bits per heavy atom. The van der Waals surface area contributed by atoms with Crippen LogP contribution in [0.15, 0.2) is 17.1 Å². The zero-order chi connectivity index (χ0) is 24.3. The molecule has 1 aromatic rings. The highest BCUT2D eigenvalue weighted by Crippen LogP contribution is 2.43. The third-order valence-corrected chi connectivity index (χ3v) is 4.24. The number of nitrogens with zero attached hydrogens (tertiary/aromatic N) is 2. The van der Waals surface area contributed by atoms with Gasteiger partial charge in [0.1, 0.15) is 17.5 Å². The van der Waals surface area contributed by atoms with Crippen molar-refractivity contribution in [3.8, 4) is 12.3 Å². The predicted octanol–water partition coefficient (Wildman–Crippen LogP) is 1.32. The average Bonchev–Trinajstić information content (AvgIpc) is 2.92. The maximum Gasteiger partial charge on any atom is 0.413 e. The fourth-order valence-electron chi connectivity index (χ4n) is 2.98. The number of aromatic nitrogens is 2. The van der Waals surface area contributed by atoms with E-state index < -0.39 is 59.8 Å². The smallest absolute Gasteiger partial charge is 0.413 e. The molecule has 1 aliphatic heterocycles. The average molecular weight is 453 g/mol. The van der Waals surface area contributed by atoms with Gasteiger partial charge in [-0.25, -0.2) is 14.0 Å². The molecular weight excluding hydrogens is 429 g/mol. The number of halogens is 1. The molecule has 32 heavy (non-hydrogen) atoms. The number of amides is 1. The summed E-state index contributed by atoms with van der Waals surface area (Å²) in [4.78, 5) is 51.3. The fraction of sp³-hybridized carbons (Fsp3) is 0.550. The largest absolute Gasteiger partial charge is 0.469 e. The monoisotopic (exact) mass is 453 g/mol. The van der Waals surface area contributed by atoms with E-state index in [1.807, 2.05) is 5.92 Å². The first-order valence-corrected chi connectivity index (χ1v) is 9.46. The molecule has 12 heteroatoms. The summed E-state index contributed by atoms with van der Waals surface area (Å²) in [7, 11) is 1.12. The third-order valence-electron chi connectivity index (χ3n) is 4.24. The summed E-state index contributed by atoms with van der Waals surface area (Å²) in [6.45, 7) is 5.99. The minimum atomic E-state index is -2.81. The van der Waals surface area contributed by atoms with E-state index in [1.54, 1.807) is 20.8 Å². The Hall–Kier alpha value is -3.46. The number of carbonyl (C=O) groups is 3. The van der Waals surface area contributed by atoms with Gasteiger partial charge in [-0.2, -0.15) is 4.98 Å². The Balaban J connectivity index is 2.37. The van der Waals surface area contributed by atoms with Crippen molar-refractivity contribution in [2.75, 3.05) is 12.4 Å². The number of rotatable bonds is 5. The van der Waals surface area contributed by atoms with E-state index in [2.05, 4.69) is 15.0 Å². The molecule has 1 saturated heterocycles. The second-order valence-corrected chi connectivity index (χ2v) is 7.88. The number of anilines is 1. The van der Waals surface area contributed by atoms with Gasteiger partial charge >= 0.3 is 23.7 Å². The second-order valence-electron chi connectivity index (χ2n) is 7.88. The van der Waals surface area contributed by atoms with Crippen LogP contribution in [0.5, 0.6) is 0 Å². The first kappa shape index (κ1) is 24.8. The van der Waals surface area contributed by atoms with Crippen molar-refractivity contribution in [2.24, 2.45) is 0 Å². The number of ether oxygens (including phenoxy) is 4. The van der Waals surface area contributed by atoms with E-state index in [0.717, 1.165) is 24.8 Å². The van der Waals surface area contributed by atoms with E-state index in [4.69, 9.17) is 20.6 Å². The molecular formula is C20H24FN3O8. The van der Waals surface area contributed by atoms with Crippen LogP contribution in [0, 0.1) is 12.3 Å². The molecule has 0 radical (unpaired) electrons. The molecule has 1 amide bonds. The Kier molecular flexibility index (Phi) is 7.25. The topological polar surface area (TPSA) is 135 Å². The molecule has 2 rings (SSSR count). The van der Waals surface area contributed by atoms with Crippen LogP contribution < -0.4 is 11.0 Å². The quantitative estimate of drug-likeness (QED) is 0.398. The van der Waals surface area contributed by atoms with Crippen molar-refractivity contribution >= 4 is 23.8 Å². The van der Waals surface area contributed by atoms with Crippen LogP contribution >= 0.6 is 0 Å². The molecule has 1 fully saturated rings. The summed E-state index contributed by atoms with van der Waals surface area (Å²) >= 11 is 0. The number of terminal acetylenes is 1. The second kappa shape index (κ2) is 9.35. The zero-order valence-corrected chi connectivity index (χ0v) is 18.2. The molecule has 0 aliphatic carbocycles. The molecule has 1 aromatic heterocycles. The molecule has 0 spiro atoms. The van der Waals surface area contributed by atoms with Gasteiger partial charge in [0.05, 0.1) is 13.5 Å². The lowest BCUT2D eigenvalue weighted by molar-refractivity contribution is -0.157. The Bertz CT molecular complexity index is 996. The fourth-order valence-corrected chi connectivity index (χ4v) is 2.98. The number of methoxy groups -OCH3 is 1. The number of hydrogen-bond donors (Lipinski definition) is 1. The third kappa shape index (κ3) is 5.61. The van der Waals surface area contributed by atoms with E-state index >= 15 is 4.39 Å². The van der Waals surface area contributed by atoms with Crippen LogP contribution in [-0.2, 0) is 28.5 Å². The minimum Gasteiger partial charge on any atom is -0.469 e. The normalized spacial score (nSPS) is 24.8. The van der Waals surface area contributed by atoms with Gasteiger partial charge in [0.2, 0.25) is 0 Å². The van der Waals surface area contributed by atoms with Crippen LogP contribution in [-0.4, -0.2) is 58.2 Å². The van der Waals surface area contributed by atoms with E-state index in [9.17, 15) is 19.2 Å². The lowest BCUT2D eigenvalue weighted by Gasteiger charge is -2.26. The summed E-state index contributed by atoms with van der Waals surface area (Å²) in [6.07, 6.45) is 0.319. The van der Waals surface area contributed by atoms with Gasteiger partial charge in [0.15, 0.2) is 12.3 Å². The highest BCUT2D eigenvalue weighted by Gasteiger charge is 2.60. The highest BCUT2D eigenvalue weighted by atomic mass is 19.1. The van der Waals surface area contributed by atoms with E-state index in [0.29, 0.717) is 0 Å². The molecule has 1 N–H and O–H groups in total. The van der Waals surface area contributed by atoms with Crippen molar-refractivity contribution in [1.82, 2.24) is 9.55 Å². The van der Waals surface area contributed by atoms with Gasteiger partial charge in [0, 0.05) is 13.1 Å². The number of esters is 2. The van der Waals surface area contributed by atoms with Gasteiger partial charge in [-0.15, -0.1) is 6.42 Å². The van der Waals surface area contributed by atoms with Crippen LogP contribution in [0.4, 0.5) is 15.0 Å². The summed E-state index contributed by atoms with van der Waals surface area (Å²) in [5, 5.41) is 2.28.